The van der Waals surface area contributed by atoms with Crippen molar-refractivity contribution in [1.29, 1.82) is 0 Å². The van der Waals surface area contributed by atoms with Crippen molar-refractivity contribution in [3.63, 3.8) is 0 Å². The van der Waals surface area contributed by atoms with Crippen LogP contribution in [0, 0.1) is 0 Å². The lowest BCUT2D eigenvalue weighted by Gasteiger charge is -2.23. The van der Waals surface area contributed by atoms with E-state index in [0.717, 1.165) is 0 Å². The van der Waals surface area contributed by atoms with Crippen LogP contribution >= 0.6 is 0 Å². The third-order valence-electron chi connectivity index (χ3n) is 1.65. The maximum Gasteiger partial charge on any atom is 0.302 e. The average Bonchev–Trinajstić information content (AvgIpc) is 2.01. The molecule has 0 heterocycles. The Labute approximate surface area is 83.8 Å². The van der Waals surface area contributed by atoms with Crippen LogP contribution in [0.25, 0.3) is 0 Å². The van der Waals surface area contributed by atoms with E-state index in [2.05, 4.69) is 5.32 Å². The summed E-state index contributed by atoms with van der Waals surface area (Å²) in [6, 6.07) is -0.304. The van der Waals surface area contributed by atoms with Crippen molar-refractivity contribution in [2.45, 2.75) is 32.9 Å². The average molecular weight is 203 g/mol. The van der Waals surface area contributed by atoms with E-state index in [1.54, 1.807) is 6.92 Å². The first kappa shape index (κ1) is 12.9. The highest BCUT2D eigenvalue weighted by Crippen LogP contribution is 2.00. The Morgan fingerprint density at radius 3 is 2.29 bits per heavy atom. The van der Waals surface area contributed by atoms with Crippen LogP contribution in [0.1, 0.15) is 20.8 Å². The summed E-state index contributed by atoms with van der Waals surface area (Å²) in [7, 11) is 1.52. The van der Waals surface area contributed by atoms with Gasteiger partial charge in [-0.1, -0.05) is 0 Å². The maximum atomic E-state index is 10.8. The van der Waals surface area contributed by atoms with Crippen LogP contribution in [0.4, 0.5) is 0 Å². The molecule has 0 radical (unpaired) electrons. The molecule has 0 rings (SSSR count). The molecule has 0 aliphatic carbocycles. The van der Waals surface area contributed by atoms with Crippen LogP contribution in [0.3, 0.4) is 0 Å². The van der Waals surface area contributed by atoms with Crippen LogP contribution in [0.2, 0.25) is 0 Å². The predicted molar refractivity (Wildman–Crippen MR) is 50.7 cm³/mol. The standard InChI is InChI=1S/C9H17NO4/c1-6(14-8(3)12)9(5-13-4)10-7(2)11/h6,9H,5H2,1-4H3,(H,10,11). The molecule has 5 nitrogen and oxygen atoms in total. The van der Waals surface area contributed by atoms with E-state index in [0.29, 0.717) is 6.61 Å². The number of rotatable bonds is 5. The monoisotopic (exact) mass is 203 g/mol. The number of nitrogens with one attached hydrogen (secondary N) is 1. The Kier molecular flexibility index (Phi) is 5.87. The second-order valence-corrected chi connectivity index (χ2v) is 3.08. The van der Waals surface area contributed by atoms with Gasteiger partial charge in [-0.25, -0.2) is 0 Å². The molecule has 14 heavy (non-hydrogen) atoms. The van der Waals surface area contributed by atoms with Crippen molar-refractivity contribution in [3.05, 3.63) is 0 Å². The predicted octanol–water partition coefficient (Wildman–Crippen LogP) is 0.0891. The minimum atomic E-state index is -0.392. The molecule has 0 bridgehead atoms. The van der Waals surface area contributed by atoms with Crippen molar-refractivity contribution in [2.75, 3.05) is 13.7 Å². The zero-order chi connectivity index (χ0) is 11.1. The van der Waals surface area contributed by atoms with Crippen molar-refractivity contribution in [2.24, 2.45) is 0 Å². The van der Waals surface area contributed by atoms with E-state index in [1.807, 2.05) is 0 Å². The molecular weight excluding hydrogens is 186 g/mol. The van der Waals surface area contributed by atoms with Gasteiger partial charge in [0.05, 0.1) is 12.6 Å². The van der Waals surface area contributed by atoms with Crippen LogP contribution < -0.4 is 5.32 Å². The van der Waals surface area contributed by atoms with E-state index in [1.165, 1.54) is 21.0 Å². The number of carbonyl (C=O) groups is 2. The molecule has 2 unspecified atom stereocenters. The molecule has 1 amide bonds. The third-order valence-corrected chi connectivity index (χ3v) is 1.65. The molecule has 0 aliphatic heterocycles. The number of amides is 1. The molecule has 2 atom stereocenters. The summed E-state index contributed by atoms with van der Waals surface area (Å²) in [5.74, 6) is -0.546. The summed E-state index contributed by atoms with van der Waals surface area (Å²) in [5, 5.41) is 2.64. The fourth-order valence-corrected chi connectivity index (χ4v) is 1.08. The van der Waals surface area contributed by atoms with Gasteiger partial charge in [0.2, 0.25) is 5.91 Å². The van der Waals surface area contributed by atoms with Crippen LogP contribution in [-0.2, 0) is 19.1 Å². The van der Waals surface area contributed by atoms with Crippen molar-refractivity contribution in [1.82, 2.24) is 5.32 Å². The van der Waals surface area contributed by atoms with E-state index in [4.69, 9.17) is 9.47 Å². The van der Waals surface area contributed by atoms with Gasteiger partial charge in [0.25, 0.3) is 0 Å². The Morgan fingerprint density at radius 1 is 1.36 bits per heavy atom. The topological polar surface area (TPSA) is 64.6 Å². The molecule has 82 valence electrons. The lowest BCUT2D eigenvalue weighted by Crippen LogP contribution is -2.45. The molecule has 5 heteroatoms. The van der Waals surface area contributed by atoms with Crippen LogP contribution in [0.5, 0.6) is 0 Å². The van der Waals surface area contributed by atoms with Crippen molar-refractivity contribution in [3.8, 4) is 0 Å². The Morgan fingerprint density at radius 2 is 1.93 bits per heavy atom. The third kappa shape index (κ3) is 5.53. The van der Waals surface area contributed by atoms with Gasteiger partial charge in [0.15, 0.2) is 0 Å². The summed E-state index contributed by atoms with van der Waals surface area (Å²) in [4.78, 5) is 21.5. The zero-order valence-corrected chi connectivity index (χ0v) is 8.99. The molecule has 1 N–H and O–H groups in total. The van der Waals surface area contributed by atoms with Crippen LogP contribution in [0.15, 0.2) is 0 Å². The van der Waals surface area contributed by atoms with Crippen molar-refractivity contribution < 1.29 is 19.1 Å². The second kappa shape index (κ2) is 6.37. The first-order valence-corrected chi connectivity index (χ1v) is 4.40. The lowest BCUT2D eigenvalue weighted by molar-refractivity contribution is -0.148. The normalized spacial score (nSPS) is 14.3. The van der Waals surface area contributed by atoms with Crippen LogP contribution in [-0.4, -0.2) is 37.7 Å². The Balaban J connectivity index is 4.16. The first-order valence-electron chi connectivity index (χ1n) is 4.40. The minimum absolute atomic E-state index is 0.175. The number of ether oxygens (including phenoxy) is 2. The van der Waals surface area contributed by atoms with Gasteiger partial charge in [-0.3, -0.25) is 9.59 Å². The Bertz CT molecular complexity index is 205. The molecular formula is C9H17NO4. The second-order valence-electron chi connectivity index (χ2n) is 3.08. The number of hydrogen-bond donors (Lipinski definition) is 1. The summed E-state index contributed by atoms with van der Waals surface area (Å²) in [6.45, 7) is 4.76. The molecule has 0 aromatic rings. The highest BCUT2D eigenvalue weighted by Gasteiger charge is 2.20. The fraction of sp³-hybridized carbons (Fsp3) is 0.778. The number of methoxy groups -OCH3 is 1. The molecule has 0 saturated carbocycles. The molecule has 0 aliphatic rings. The molecule has 0 spiro atoms. The summed E-state index contributed by atoms with van der Waals surface area (Å²) >= 11 is 0. The Hall–Kier alpha value is -1.10. The van der Waals surface area contributed by atoms with E-state index in [-0.39, 0.29) is 17.9 Å². The largest absolute Gasteiger partial charge is 0.461 e. The van der Waals surface area contributed by atoms with E-state index < -0.39 is 6.10 Å². The van der Waals surface area contributed by atoms with Gasteiger partial charge >= 0.3 is 5.97 Å². The maximum absolute atomic E-state index is 10.8. The number of hydrogen-bond acceptors (Lipinski definition) is 4. The lowest BCUT2D eigenvalue weighted by atomic mass is 10.2. The quantitative estimate of drug-likeness (QED) is 0.643. The SMILES string of the molecule is COCC(NC(C)=O)C(C)OC(C)=O. The molecule has 0 fully saturated rings. The molecule has 0 aromatic carbocycles. The van der Waals surface area contributed by atoms with Gasteiger partial charge in [-0.05, 0) is 6.92 Å². The molecule has 0 aromatic heterocycles. The highest BCUT2D eigenvalue weighted by atomic mass is 16.5. The minimum Gasteiger partial charge on any atom is -0.461 e. The van der Waals surface area contributed by atoms with Gasteiger partial charge in [0.1, 0.15) is 6.10 Å². The summed E-state index contributed by atoms with van der Waals surface area (Å²) in [6.07, 6.45) is -0.392. The summed E-state index contributed by atoms with van der Waals surface area (Å²) in [5.41, 5.74) is 0. The highest BCUT2D eigenvalue weighted by molar-refractivity contribution is 5.73. The van der Waals surface area contributed by atoms with E-state index >= 15 is 0 Å². The van der Waals surface area contributed by atoms with E-state index in [9.17, 15) is 9.59 Å². The van der Waals surface area contributed by atoms with Crippen molar-refractivity contribution >= 4 is 11.9 Å². The van der Waals surface area contributed by atoms with Gasteiger partial charge in [-0.2, -0.15) is 0 Å². The van der Waals surface area contributed by atoms with Gasteiger partial charge in [-0.15, -0.1) is 0 Å². The smallest absolute Gasteiger partial charge is 0.302 e. The fourth-order valence-electron chi connectivity index (χ4n) is 1.08. The number of esters is 1. The first-order chi connectivity index (χ1) is 6.47. The number of carbonyl (C=O) groups excluding carboxylic acids is 2. The van der Waals surface area contributed by atoms with Gasteiger partial charge < -0.3 is 14.8 Å². The summed E-state index contributed by atoms with van der Waals surface area (Å²) < 4.78 is 9.83. The zero-order valence-electron chi connectivity index (χ0n) is 8.99. The molecule has 0 saturated heterocycles. The van der Waals surface area contributed by atoms with Gasteiger partial charge in [0, 0.05) is 21.0 Å².